The number of amides is 1. The third-order valence-corrected chi connectivity index (χ3v) is 2.15. The van der Waals surface area contributed by atoms with E-state index in [-0.39, 0.29) is 17.9 Å². The van der Waals surface area contributed by atoms with Gasteiger partial charge in [0.15, 0.2) is 0 Å². The Balaban J connectivity index is 2.29. The van der Waals surface area contributed by atoms with E-state index in [4.69, 9.17) is 4.74 Å². The predicted octanol–water partition coefficient (Wildman–Crippen LogP) is 0.887. The molecule has 13 heavy (non-hydrogen) atoms. The number of nitrogens with one attached hydrogen (secondary N) is 1. The lowest BCUT2D eigenvalue weighted by Crippen LogP contribution is -2.41. The number of alkyl halides is 1. The molecule has 0 aromatic heterocycles. The molecule has 3 nitrogen and oxygen atoms in total. The summed E-state index contributed by atoms with van der Waals surface area (Å²) >= 11 is 0. The van der Waals surface area contributed by atoms with Crippen molar-refractivity contribution in [3.8, 4) is 0 Å². The molecule has 4 heteroatoms. The zero-order chi connectivity index (χ0) is 9.68. The van der Waals surface area contributed by atoms with Crippen LogP contribution in [-0.4, -0.2) is 31.8 Å². The fourth-order valence-corrected chi connectivity index (χ4v) is 1.35. The summed E-state index contributed by atoms with van der Waals surface area (Å²) in [6.07, 6.45) is 1.77. The lowest BCUT2D eigenvalue weighted by Gasteiger charge is -2.22. The highest BCUT2D eigenvalue weighted by atomic mass is 19.1. The number of ether oxygens (including phenoxy) is 1. The van der Waals surface area contributed by atoms with Crippen LogP contribution in [-0.2, 0) is 9.53 Å². The van der Waals surface area contributed by atoms with Crippen molar-refractivity contribution >= 4 is 5.91 Å². The molecule has 2 unspecified atom stereocenters. The molecule has 1 amide bonds. The molecular formula is C9H16FNO2. The van der Waals surface area contributed by atoms with Crippen LogP contribution in [0.15, 0.2) is 0 Å². The predicted molar refractivity (Wildman–Crippen MR) is 47.1 cm³/mol. The van der Waals surface area contributed by atoms with E-state index < -0.39 is 6.67 Å². The van der Waals surface area contributed by atoms with Gasteiger partial charge in [-0.05, 0) is 19.8 Å². The van der Waals surface area contributed by atoms with Crippen molar-refractivity contribution in [2.75, 3.05) is 19.9 Å². The maximum atomic E-state index is 12.1. The first-order valence-corrected chi connectivity index (χ1v) is 4.68. The molecule has 1 rings (SSSR count). The molecule has 1 aliphatic rings. The summed E-state index contributed by atoms with van der Waals surface area (Å²) < 4.78 is 17.2. The summed E-state index contributed by atoms with van der Waals surface area (Å²) in [5.41, 5.74) is 0. The average Bonchev–Trinajstić information content (AvgIpc) is 2.19. The fourth-order valence-electron chi connectivity index (χ4n) is 1.35. The van der Waals surface area contributed by atoms with Crippen LogP contribution >= 0.6 is 0 Å². The van der Waals surface area contributed by atoms with Crippen LogP contribution in [0.4, 0.5) is 4.39 Å². The molecule has 0 bridgehead atoms. The van der Waals surface area contributed by atoms with Gasteiger partial charge in [-0.1, -0.05) is 0 Å². The number of carbonyl (C=O) groups is 1. The summed E-state index contributed by atoms with van der Waals surface area (Å²) in [6, 6.07) is -0.380. The largest absolute Gasteiger partial charge is 0.381 e. The first kappa shape index (κ1) is 10.4. The van der Waals surface area contributed by atoms with Crippen molar-refractivity contribution < 1.29 is 13.9 Å². The van der Waals surface area contributed by atoms with Crippen LogP contribution < -0.4 is 5.32 Å². The topological polar surface area (TPSA) is 38.3 Å². The quantitative estimate of drug-likeness (QED) is 0.716. The number of hydrogen-bond acceptors (Lipinski definition) is 2. The van der Waals surface area contributed by atoms with E-state index in [2.05, 4.69) is 5.32 Å². The molecule has 1 fully saturated rings. The van der Waals surface area contributed by atoms with Gasteiger partial charge in [0, 0.05) is 6.61 Å². The van der Waals surface area contributed by atoms with Crippen molar-refractivity contribution in [2.45, 2.75) is 25.8 Å². The normalized spacial score (nSPS) is 25.2. The third kappa shape index (κ3) is 3.30. The maximum Gasteiger partial charge on any atom is 0.225 e. The molecule has 0 aromatic rings. The standard InChI is InChI=1S/C9H16FNO2/c1-7(5-10)11-9(12)8-3-2-4-13-6-8/h7-8H,2-6H2,1H3,(H,11,12). The van der Waals surface area contributed by atoms with Crippen molar-refractivity contribution in [1.82, 2.24) is 5.32 Å². The summed E-state index contributed by atoms with van der Waals surface area (Å²) in [7, 11) is 0. The Morgan fingerprint density at radius 3 is 3.08 bits per heavy atom. The van der Waals surface area contributed by atoms with E-state index in [0.29, 0.717) is 6.61 Å². The van der Waals surface area contributed by atoms with E-state index in [0.717, 1.165) is 19.4 Å². The van der Waals surface area contributed by atoms with Crippen LogP contribution in [0.5, 0.6) is 0 Å². The van der Waals surface area contributed by atoms with Crippen LogP contribution in [0.25, 0.3) is 0 Å². The van der Waals surface area contributed by atoms with E-state index in [1.165, 1.54) is 0 Å². The Morgan fingerprint density at radius 1 is 1.77 bits per heavy atom. The molecule has 1 heterocycles. The third-order valence-electron chi connectivity index (χ3n) is 2.15. The maximum absolute atomic E-state index is 12.1. The lowest BCUT2D eigenvalue weighted by atomic mass is 10.0. The average molecular weight is 189 g/mol. The monoisotopic (exact) mass is 189 g/mol. The molecule has 2 atom stereocenters. The molecule has 1 saturated heterocycles. The summed E-state index contributed by atoms with van der Waals surface area (Å²) in [6.45, 7) is 2.36. The Labute approximate surface area is 77.6 Å². The lowest BCUT2D eigenvalue weighted by molar-refractivity contribution is -0.129. The first-order valence-electron chi connectivity index (χ1n) is 4.68. The summed E-state index contributed by atoms with van der Waals surface area (Å²) in [5, 5.41) is 2.61. The van der Waals surface area contributed by atoms with Crippen molar-refractivity contribution in [3.63, 3.8) is 0 Å². The summed E-state index contributed by atoms with van der Waals surface area (Å²) in [5.74, 6) is -0.160. The highest BCUT2D eigenvalue weighted by Gasteiger charge is 2.22. The van der Waals surface area contributed by atoms with Gasteiger partial charge < -0.3 is 10.1 Å². The summed E-state index contributed by atoms with van der Waals surface area (Å²) in [4.78, 5) is 11.4. The molecule has 0 aromatic carbocycles. The van der Waals surface area contributed by atoms with E-state index in [1.54, 1.807) is 6.92 Å². The smallest absolute Gasteiger partial charge is 0.225 e. The Morgan fingerprint density at radius 2 is 2.54 bits per heavy atom. The van der Waals surface area contributed by atoms with Crippen molar-refractivity contribution in [2.24, 2.45) is 5.92 Å². The molecular weight excluding hydrogens is 173 g/mol. The van der Waals surface area contributed by atoms with Crippen LogP contribution in [0.3, 0.4) is 0 Å². The minimum atomic E-state index is -0.515. The van der Waals surface area contributed by atoms with Gasteiger partial charge in [0.25, 0.3) is 0 Å². The molecule has 0 radical (unpaired) electrons. The van der Waals surface area contributed by atoms with E-state index in [1.807, 2.05) is 0 Å². The SMILES string of the molecule is CC(CF)NC(=O)C1CCCOC1. The van der Waals surface area contributed by atoms with Gasteiger partial charge in [-0.3, -0.25) is 4.79 Å². The minimum absolute atomic E-state index is 0.0788. The number of rotatable bonds is 3. The van der Waals surface area contributed by atoms with Crippen molar-refractivity contribution in [3.05, 3.63) is 0 Å². The number of halogens is 1. The zero-order valence-electron chi connectivity index (χ0n) is 7.88. The highest BCUT2D eigenvalue weighted by molar-refractivity contribution is 5.79. The van der Waals surface area contributed by atoms with Crippen LogP contribution in [0.1, 0.15) is 19.8 Å². The van der Waals surface area contributed by atoms with Gasteiger partial charge in [-0.25, -0.2) is 4.39 Å². The van der Waals surface area contributed by atoms with Crippen LogP contribution in [0, 0.1) is 5.92 Å². The van der Waals surface area contributed by atoms with Gasteiger partial charge in [0.05, 0.1) is 18.6 Å². The molecule has 1 N–H and O–H groups in total. The van der Waals surface area contributed by atoms with Gasteiger partial charge in [-0.15, -0.1) is 0 Å². The van der Waals surface area contributed by atoms with Crippen molar-refractivity contribution in [1.29, 1.82) is 0 Å². The van der Waals surface area contributed by atoms with E-state index >= 15 is 0 Å². The van der Waals surface area contributed by atoms with Gasteiger partial charge >= 0.3 is 0 Å². The van der Waals surface area contributed by atoms with Crippen LogP contribution in [0.2, 0.25) is 0 Å². The first-order chi connectivity index (χ1) is 6.24. The molecule has 0 saturated carbocycles. The Hall–Kier alpha value is -0.640. The van der Waals surface area contributed by atoms with Gasteiger partial charge in [0.1, 0.15) is 6.67 Å². The van der Waals surface area contributed by atoms with E-state index in [9.17, 15) is 9.18 Å². The second kappa shape index (κ2) is 5.17. The Bertz CT molecular complexity index is 169. The van der Waals surface area contributed by atoms with Gasteiger partial charge in [0.2, 0.25) is 5.91 Å². The Kier molecular flexibility index (Phi) is 4.15. The number of carbonyl (C=O) groups excluding carboxylic acids is 1. The molecule has 0 aliphatic carbocycles. The zero-order valence-corrected chi connectivity index (χ0v) is 7.88. The minimum Gasteiger partial charge on any atom is -0.381 e. The second-order valence-electron chi connectivity index (χ2n) is 3.48. The molecule has 76 valence electrons. The molecule has 1 aliphatic heterocycles. The fraction of sp³-hybridized carbons (Fsp3) is 0.889. The number of hydrogen-bond donors (Lipinski definition) is 1. The second-order valence-corrected chi connectivity index (χ2v) is 3.48. The highest BCUT2D eigenvalue weighted by Crippen LogP contribution is 2.13. The van der Waals surface area contributed by atoms with Gasteiger partial charge in [-0.2, -0.15) is 0 Å². The molecule has 0 spiro atoms.